The summed E-state index contributed by atoms with van der Waals surface area (Å²) in [6.45, 7) is 1.74. The highest BCUT2D eigenvalue weighted by Crippen LogP contribution is 2.26. The SMILES string of the molecule is C[C@@H](O)/C=C\C1=Nc2ccccc2C1. The molecule has 1 N–H and O–H groups in total. The fourth-order valence-corrected chi connectivity index (χ4v) is 1.51. The molecular formula is C12H13NO. The number of allylic oxidation sites excluding steroid dienone is 1. The van der Waals surface area contributed by atoms with Crippen LogP contribution in [0.5, 0.6) is 0 Å². The van der Waals surface area contributed by atoms with Gasteiger partial charge in [-0.05, 0) is 24.6 Å². The highest BCUT2D eigenvalue weighted by molar-refractivity contribution is 6.01. The first-order chi connectivity index (χ1) is 6.75. The Labute approximate surface area is 83.6 Å². The van der Waals surface area contributed by atoms with Crippen molar-refractivity contribution in [3.05, 3.63) is 42.0 Å². The van der Waals surface area contributed by atoms with Gasteiger partial charge >= 0.3 is 0 Å². The summed E-state index contributed by atoms with van der Waals surface area (Å²) < 4.78 is 0. The Hall–Kier alpha value is -1.41. The van der Waals surface area contributed by atoms with E-state index in [4.69, 9.17) is 5.11 Å². The molecule has 0 bridgehead atoms. The first kappa shape index (κ1) is 9.16. The number of fused-ring (bicyclic) bond motifs is 1. The van der Waals surface area contributed by atoms with Crippen molar-refractivity contribution in [1.82, 2.24) is 0 Å². The number of aliphatic imine (C=N–C) groups is 1. The second-order valence-electron chi connectivity index (χ2n) is 3.51. The molecule has 1 aliphatic heterocycles. The molecule has 1 atom stereocenters. The second-order valence-corrected chi connectivity index (χ2v) is 3.51. The van der Waals surface area contributed by atoms with Gasteiger partial charge in [-0.2, -0.15) is 0 Å². The molecule has 0 spiro atoms. The Morgan fingerprint density at radius 1 is 1.43 bits per heavy atom. The summed E-state index contributed by atoms with van der Waals surface area (Å²) >= 11 is 0. The smallest absolute Gasteiger partial charge is 0.0696 e. The molecule has 0 aromatic heterocycles. The third kappa shape index (κ3) is 1.91. The lowest BCUT2D eigenvalue weighted by molar-refractivity contribution is 0.244. The van der Waals surface area contributed by atoms with Crippen LogP contribution in [0.4, 0.5) is 5.69 Å². The topological polar surface area (TPSA) is 32.6 Å². The van der Waals surface area contributed by atoms with Crippen LogP contribution in [0.1, 0.15) is 12.5 Å². The zero-order valence-corrected chi connectivity index (χ0v) is 8.14. The van der Waals surface area contributed by atoms with Crippen LogP contribution >= 0.6 is 0 Å². The Morgan fingerprint density at radius 3 is 2.93 bits per heavy atom. The van der Waals surface area contributed by atoms with Gasteiger partial charge in [0.15, 0.2) is 0 Å². The van der Waals surface area contributed by atoms with Gasteiger partial charge in [0, 0.05) is 12.1 Å². The number of para-hydroxylation sites is 1. The summed E-state index contributed by atoms with van der Waals surface area (Å²) in [5.74, 6) is 0. The first-order valence-corrected chi connectivity index (χ1v) is 4.77. The van der Waals surface area contributed by atoms with Crippen molar-refractivity contribution in [2.75, 3.05) is 0 Å². The van der Waals surface area contributed by atoms with E-state index in [9.17, 15) is 0 Å². The fourth-order valence-electron chi connectivity index (χ4n) is 1.51. The number of nitrogens with zero attached hydrogens (tertiary/aromatic N) is 1. The molecule has 2 nitrogen and oxygen atoms in total. The minimum absolute atomic E-state index is 0.401. The van der Waals surface area contributed by atoms with Gasteiger partial charge in [0.05, 0.1) is 11.8 Å². The van der Waals surface area contributed by atoms with Gasteiger partial charge in [-0.15, -0.1) is 0 Å². The van der Waals surface area contributed by atoms with Crippen LogP contribution in [-0.2, 0) is 6.42 Å². The maximum atomic E-state index is 9.09. The van der Waals surface area contributed by atoms with Crippen molar-refractivity contribution < 1.29 is 5.11 Å². The largest absolute Gasteiger partial charge is 0.389 e. The van der Waals surface area contributed by atoms with E-state index in [-0.39, 0.29) is 0 Å². The average molecular weight is 187 g/mol. The zero-order valence-electron chi connectivity index (χ0n) is 8.14. The van der Waals surface area contributed by atoms with Crippen LogP contribution in [0, 0.1) is 0 Å². The molecule has 0 saturated carbocycles. The second kappa shape index (κ2) is 3.76. The van der Waals surface area contributed by atoms with Crippen molar-refractivity contribution in [1.29, 1.82) is 0 Å². The molecular weight excluding hydrogens is 174 g/mol. The number of rotatable bonds is 2. The normalized spacial score (nSPS) is 16.9. The van der Waals surface area contributed by atoms with Crippen LogP contribution in [0.3, 0.4) is 0 Å². The maximum absolute atomic E-state index is 9.09. The standard InChI is InChI=1S/C12H13NO/c1-9(14)6-7-11-8-10-4-2-3-5-12(10)13-11/h2-7,9,14H,8H2,1H3/b7-6-/t9-/m1/s1. The molecule has 0 saturated heterocycles. The lowest BCUT2D eigenvalue weighted by Crippen LogP contribution is -1.97. The van der Waals surface area contributed by atoms with Gasteiger partial charge in [-0.1, -0.05) is 24.3 Å². The van der Waals surface area contributed by atoms with Gasteiger partial charge in [0.25, 0.3) is 0 Å². The van der Waals surface area contributed by atoms with E-state index in [2.05, 4.69) is 11.1 Å². The fraction of sp³-hybridized carbons (Fsp3) is 0.250. The Bertz CT molecular complexity index is 391. The molecule has 1 heterocycles. The Balaban J connectivity index is 2.16. The molecule has 0 amide bonds. The minimum atomic E-state index is -0.401. The summed E-state index contributed by atoms with van der Waals surface area (Å²) in [7, 11) is 0. The predicted molar refractivity (Wildman–Crippen MR) is 58.1 cm³/mol. The van der Waals surface area contributed by atoms with Gasteiger partial charge in [-0.3, -0.25) is 4.99 Å². The maximum Gasteiger partial charge on any atom is 0.0696 e. The lowest BCUT2D eigenvalue weighted by Gasteiger charge is -1.93. The highest BCUT2D eigenvalue weighted by Gasteiger charge is 2.10. The molecule has 1 aliphatic rings. The molecule has 2 heteroatoms. The highest BCUT2D eigenvalue weighted by atomic mass is 16.3. The van der Waals surface area contributed by atoms with E-state index >= 15 is 0 Å². The molecule has 2 rings (SSSR count). The third-order valence-electron chi connectivity index (χ3n) is 2.19. The van der Waals surface area contributed by atoms with Crippen LogP contribution < -0.4 is 0 Å². The van der Waals surface area contributed by atoms with E-state index in [1.54, 1.807) is 13.0 Å². The number of benzene rings is 1. The van der Waals surface area contributed by atoms with Crippen molar-refractivity contribution >= 4 is 11.4 Å². The van der Waals surface area contributed by atoms with Crippen LogP contribution in [-0.4, -0.2) is 16.9 Å². The molecule has 0 aliphatic carbocycles. The Morgan fingerprint density at radius 2 is 2.21 bits per heavy atom. The predicted octanol–water partition coefficient (Wildman–Crippen LogP) is 2.25. The molecule has 1 aromatic rings. The van der Waals surface area contributed by atoms with Gasteiger partial charge in [0.2, 0.25) is 0 Å². The van der Waals surface area contributed by atoms with E-state index < -0.39 is 6.10 Å². The summed E-state index contributed by atoms with van der Waals surface area (Å²) in [6, 6.07) is 8.11. The van der Waals surface area contributed by atoms with Gasteiger partial charge in [-0.25, -0.2) is 0 Å². The van der Waals surface area contributed by atoms with Gasteiger partial charge < -0.3 is 5.11 Å². The zero-order chi connectivity index (χ0) is 9.97. The summed E-state index contributed by atoms with van der Waals surface area (Å²) in [4.78, 5) is 4.44. The Kier molecular flexibility index (Phi) is 2.46. The van der Waals surface area contributed by atoms with E-state index in [0.717, 1.165) is 17.8 Å². The third-order valence-corrected chi connectivity index (χ3v) is 2.19. The number of hydrogen-bond donors (Lipinski definition) is 1. The van der Waals surface area contributed by atoms with Crippen molar-refractivity contribution in [3.63, 3.8) is 0 Å². The lowest BCUT2D eigenvalue weighted by atomic mass is 10.1. The molecule has 1 aromatic carbocycles. The number of hydrogen-bond acceptors (Lipinski definition) is 2. The van der Waals surface area contributed by atoms with Crippen LogP contribution in [0.2, 0.25) is 0 Å². The number of aliphatic hydroxyl groups excluding tert-OH is 1. The molecule has 14 heavy (non-hydrogen) atoms. The minimum Gasteiger partial charge on any atom is -0.389 e. The first-order valence-electron chi connectivity index (χ1n) is 4.77. The van der Waals surface area contributed by atoms with Crippen LogP contribution in [0.25, 0.3) is 0 Å². The molecule has 72 valence electrons. The molecule has 0 fully saturated rings. The number of aliphatic hydroxyl groups is 1. The summed E-state index contributed by atoms with van der Waals surface area (Å²) in [6.07, 6.45) is 4.12. The van der Waals surface area contributed by atoms with E-state index in [0.29, 0.717) is 0 Å². The summed E-state index contributed by atoms with van der Waals surface area (Å²) in [5, 5.41) is 9.09. The van der Waals surface area contributed by atoms with E-state index in [1.165, 1.54) is 5.56 Å². The monoisotopic (exact) mass is 187 g/mol. The quantitative estimate of drug-likeness (QED) is 0.756. The van der Waals surface area contributed by atoms with Gasteiger partial charge in [0.1, 0.15) is 0 Å². The van der Waals surface area contributed by atoms with Crippen molar-refractivity contribution in [2.24, 2.45) is 4.99 Å². The average Bonchev–Trinajstić information content (AvgIpc) is 2.57. The van der Waals surface area contributed by atoms with E-state index in [1.807, 2.05) is 24.3 Å². The summed E-state index contributed by atoms with van der Waals surface area (Å²) in [5.41, 5.74) is 3.34. The van der Waals surface area contributed by atoms with Crippen molar-refractivity contribution in [3.8, 4) is 0 Å². The van der Waals surface area contributed by atoms with Crippen molar-refractivity contribution in [2.45, 2.75) is 19.4 Å². The molecule has 0 radical (unpaired) electrons. The molecule has 0 unspecified atom stereocenters. The van der Waals surface area contributed by atoms with Crippen LogP contribution in [0.15, 0.2) is 41.4 Å².